The van der Waals surface area contributed by atoms with E-state index in [1.165, 1.54) is 6.92 Å². The Morgan fingerprint density at radius 3 is 2.79 bits per heavy atom. The van der Waals surface area contributed by atoms with Gasteiger partial charge in [-0.05, 0) is 19.1 Å². The first-order valence-corrected chi connectivity index (χ1v) is 6.04. The molecular weight excluding hydrogens is 244 g/mol. The van der Waals surface area contributed by atoms with Gasteiger partial charge in [-0.2, -0.15) is 0 Å². The van der Waals surface area contributed by atoms with Gasteiger partial charge >= 0.3 is 0 Å². The maximum atomic E-state index is 11.6. The first-order chi connectivity index (χ1) is 9.06. The lowest BCUT2D eigenvalue weighted by molar-refractivity contribution is -0.125. The van der Waals surface area contributed by atoms with Crippen molar-refractivity contribution < 1.29 is 9.59 Å². The number of imidazole rings is 1. The number of hydrogen-bond acceptors (Lipinski definition) is 3. The van der Waals surface area contributed by atoms with Crippen molar-refractivity contribution in [1.82, 2.24) is 20.6 Å². The van der Waals surface area contributed by atoms with Crippen LogP contribution in [0.3, 0.4) is 0 Å². The molecule has 6 heteroatoms. The first kappa shape index (κ1) is 13.1. The number of rotatable bonds is 4. The van der Waals surface area contributed by atoms with Crippen molar-refractivity contribution in [2.45, 2.75) is 19.9 Å². The molecule has 1 heterocycles. The topological polar surface area (TPSA) is 86.9 Å². The number of nitrogens with zero attached hydrogens (tertiary/aromatic N) is 1. The minimum atomic E-state index is -0.247. The predicted molar refractivity (Wildman–Crippen MR) is 71.3 cm³/mol. The molecule has 0 radical (unpaired) electrons. The van der Waals surface area contributed by atoms with Gasteiger partial charge in [-0.15, -0.1) is 0 Å². The Labute approximate surface area is 110 Å². The van der Waals surface area contributed by atoms with E-state index >= 15 is 0 Å². The van der Waals surface area contributed by atoms with Crippen LogP contribution in [-0.2, 0) is 9.59 Å². The van der Waals surface area contributed by atoms with Crippen molar-refractivity contribution in [3.05, 3.63) is 30.1 Å². The third-order valence-electron chi connectivity index (χ3n) is 2.69. The van der Waals surface area contributed by atoms with Crippen molar-refractivity contribution in [3.63, 3.8) is 0 Å². The van der Waals surface area contributed by atoms with Crippen molar-refractivity contribution >= 4 is 22.8 Å². The third-order valence-corrected chi connectivity index (χ3v) is 2.69. The van der Waals surface area contributed by atoms with Crippen LogP contribution in [0.4, 0.5) is 0 Å². The molecule has 1 aromatic heterocycles. The number of carbonyl (C=O) groups is 2. The zero-order valence-electron chi connectivity index (χ0n) is 10.9. The zero-order chi connectivity index (χ0) is 13.8. The summed E-state index contributed by atoms with van der Waals surface area (Å²) in [5.74, 6) is 0.215. The molecule has 2 rings (SSSR count). The lowest BCUT2D eigenvalue weighted by atomic mass is 10.3. The first-order valence-electron chi connectivity index (χ1n) is 6.04. The lowest BCUT2D eigenvalue weighted by Gasteiger charge is -2.11. The van der Waals surface area contributed by atoms with E-state index in [1.54, 1.807) is 0 Å². The second kappa shape index (κ2) is 5.51. The molecule has 100 valence electrons. The Morgan fingerprint density at radius 1 is 1.37 bits per heavy atom. The number of para-hydroxylation sites is 2. The van der Waals surface area contributed by atoms with Crippen LogP contribution in [0.25, 0.3) is 11.0 Å². The van der Waals surface area contributed by atoms with Crippen molar-refractivity contribution in [3.8, 4) is 0 Å². The summed E-state index contributed by atoms with van der Waals surface area (Å²) >= 11 is 0. The normalized spacial score (nSPS) is 12.1. The molecule has 0 saturated heterocycles. The molecule has 0 bridgehead atoms. The monoisotopic (exact) mass is 260 g/mol. The van der Waals surface area contributed by atoms with Crippen LogP contribution in [0.1, 0.15) is 25.7 Å². The van der Waals surface area contributed by atoms with Crippen LogP contribution in [-0.4, -0.2) is 28.3 Å². The summed E-state index contributed by atoms with van der Waals surface area (Å²) in [5.41, 5.74) is 1.79. The van der Waals surface area contributed by atoms with Gasteiger partial charge in [0, 0.05) is 6.92 Å². The standard InChI is InChI=1S/C13H16N4O2/c1-8(15-12(19)7-14-9(2)18)13-16-10-5-3-4-6-11(10)17-13/h3-6,8H,7H2,1-2H3,(H,14,18)(H,15,19)(H,16,17). The second-order valence-corrected chi connectivity index (χ2v) is 4.34. The SMILES string of the molecule is CC(=O)NCC(=O)NC(C)c1nc2ccccc2[nH]1. The number of amides is 2. The van der Waals surface area contributed by atoms with E-state index < -0.39 is 0 Å². The molecule has 1 aromatic carbocycles. The molecule has 0 aliphatic carbocycles. The maximum absolute atomic E-state index is 11.6. The molecule has 3 N–H and O–H groups in total. The van der Waals surface area contributed by atoms with Gasteiger partial charge < -0.3 is 15.6 Å². The molecule has 0 aliphatic rings. The number of fused-ring (bicyclic) bond motifs is 1. The summed E-state index contributed by atoms with van der Waals surface area (Å²) in [6.07, 6.45) is 0. The summed E-state index contributed by atoms with van der Waals surface area (Å²) in [6, 6.07) is 7.42. The fourth-order valence-corrected chi connectivity index (χ4v) is 1.74. The minimum absolute atomic E-state index is 0.0279. The maximum Gasteiger partial charge on any atom is 0.239 e. The highest BCUT2D eigenvalue weighted by atomic mass is 16.2. The van der Waals surface area contributed by atoms with E-state index in [9.17, 15) is 9.59 Å². The van der Waals surface area contributed by atoms with Gasteiger partial charge in [-0.25, -0.2) is 4.98 Å². The van der Waals surface area contributed by atoms with Crippen LogP contribution >= 0.6 is 0 Å². The van der Waals surface area contributed by atoms with Gasteiger partial charge in [0.05, 0.1) is 23.6 Å². The molecule has 2 amide bonds. The zero-order valence-corrected chi connectivity index (χ0v) is 10.9. The molecule has 1 atom stereocenters. The second-order valence-electron chi connectivity index (χ2n) is 4.34. The average molecular weight is 260 g/mol. The third kappa shape index (κ3) is 3.31. The van der Waals surface area contributed by atoms with Crippen LogP contribution in [0.5, 0.6) is 0 Å². The number of H-pyrrole nitrogens is 1. The van der Waals surface area contributed by atoms with Crippen LogP contribution in [0.15, 0.2) is 24.3 Å². The number of aromatic amines is 1. The smallest absolute Gasteiger partial charge is 0.239 e. The van der Waals surface area contributed by atoms with Gasteiger partial charge in [0.25, 0.3) is 0 Å². The van der Waals surface area contributed by atoms with Crippen LogP contribution < -0.4 is 10.6 Å². The highest BCUT2D eigenvalue weighted by Gasteiger charge is 2.13. The molecule has 0 saturated carbocycles. The fourth-order valence-electron chi connectivity index (χ4n) is 1.74. The summed E-state index contributed by atoms with van der Waals surface area (Å²) in [5, 5.41) is 5.21. The highest BCUT2D eigenvalue weighted by Crippen LogP contribution is 2.15. The van der Waals surface area contributed by atoms with E-state index in [4.69, 9.17) is 0 Å². The molecular formula is C13H16N4O2. The summed E-state index contributed by atoms with van der Waals surface area (Å²) in [6.45, 7) is 3.18. The van der Waals surface area contributed by atoms with E-state index in [0.717, 1.165) is 11.0 Å². The quantitative estimate of drug-likeness (QED) is 0.762. The lowest BCUT2D eigenvalue weighted by Crippen LogP contribution is -2.37. The van der Waals surface area contributed by atoms with E-state index in [0.29, 0.717) is 5.82 Å². The molecule has 0 aliphatic heterocycles. The number of benzene rings is 1. The largest absolute Gasteiger partial charge is 0.347 e. The van der Waals surface area contributed by atoms with Gasteiger partial charge in [-0.3, -0.25) is 9.59 Å². The number of carbonyl (C=O) groups excluding carboxylic acids is 2. The van der Waals surface area contributed by atoms with Gasteiger partial charge in [0.2, 0.25) is 11.8 Å². The molecule has 0 fully saturated rings. The van der Waals surface area contributed by atoms with E-state index in [-0.39, 0.29) is 24.4 Å². The fraction of sp³-hybridized carbons (Fsp3) is 0.308. The number of hydrogen-bond donors (Lipinski definition) is 3. The molecule has 0 spiro atoms. The molecule has 19 heavy (non-hydrogen) atoms. The van der Waals surface area contributed by atoms with E-state index in [1.807, 2.05) is 31.2 Å². The summed E-state index contributed by atoms with van der Waals surface area (Å²) in [7, 11) is 0. The Balaban J connectivity index is 2.01. The highest BCUT2D eigenvalue weighted by molar-refractivity contribution is 5.84. The van der Waals surface area contributed by atoms with Gasteiger partial charge in [0.15, 0.2) is 0 Å². The van der Waals surface area contributed by atoms with Crippen molar-refractivity contribution in [1.29, 1.82) is 0 Å². The summed E-state index contributed by atoms with van der Waals surface area (Å²) < 4.78 is 0. The number of nitrogens with one attached hydrogen (secondary N) is 3. The Morgan fingerprint density at radius 2 is 2.11 bits per heavy atom. The molecule has 6 nitrogen and oxygen atoms in total. The van der Waals surface area contributed by atoms with Gasteiger partial charge in [0.1, 0.15) is 5.82 Å². The number of aromatic nitrogens is 2. The predicted octanol–water partition coefficient (Wildman–Crippen LogP) is 0.876. The Hall–Kier alpha value is -2.37. The Kier molecular flexibility index (Phi) is 3.79. The van der Waals surface area contributed by atoms with Crippen molar-refractivity contribution in [2.24, 2.45) is 0 Å². The minimum Gasteiger partial charge on any atom is -0.347 e. The average Bonchev–Trinajstić information content (AvgIpc) is 2.80. The van der Waals surface area contributed by atoms with E-state index in [2.05, 4.69) is 20.6 Å². The van der Waals surface area contributed by atoms with Crippen molar-refractivity contribution in [2.75, 3.05) is 6.54 Å². The summed E-state index contributed by atoms with van der Waals surface area (Å²) in [4.78, 5) is 29.8. The van der Waals surface area contributed by atoms with Crippen LogP contribution in [0.2, 0.25) is 0 Å². The molecule has 1 unspecified atom stereocenters. The molecule has 2 aromatic rings. The van der Waals surface area contributed by atoms with Crippen LogP contribution in [0, 0.1) is 0 Å². The Bertz CT molecular complexity index is 572. The van der Waals surface area contributed by atoms with Gasteiger partial charge in [-0.1, -0.05) is 12.1 Å².